The number of nitrogens with one attached hydrogen (secondary N) is 1. The second-order valence-electron chi connectivity index (χ2n) is 4.57. The molecule has 1 N–H and O–H groups in total. The zero-order valence-electron chi connectivity index (χ0n) is 11.2. The summed E-state index contributed by atoms with van der Waals surface area (Å²) >= 11 is 0. The van der Waals surface area contributed by atoms with Crippen molar-refractivity contribution in [3.8, 4) is 5.75 Å². The predicted octanol–water partition coefficient (Wildman–Crippen LogP) is 1.62. The smallest absolute Gasteiger partial charge is 0.160 e. The van der Waals surface area contributed by atoms with Crippen LogP contribution in [0.1, 0.15) is 12.1 Å². The minimum Gasteiger partial charge on any atom is -0.493 e. The van der Waals surface area contributed by atoms with Crippen molar-refractivity contribution in [2.24, 2.45) is 0 Å². The van der Waals surface area contributed by atoms with E-state index in [0.717, 1.165) is 30.2 Å². The van der Waals surface area contributed by atoms with E-state index >= 15 is 0 Å². The van der Waals surface area contributed by atoms with Crippen LogP contribution in [0.25, 0.3) is 0 Å². The lowest BCUT2D eigenvalue weighted by atomic mass is 10.0. The van der Waals surface area contributed by atoms with Crippen molar-refractivity contribution in [1.29, 1.82) is 0 Å². The number of hydrogen-bond acceptors (Lipinski definition) is 5. The summed E-state index contributed by atoms with van der Waals surface area (Å²) in [6, 6.07) is 1.97. The highest BCUT2D eigenvalue weighted by Gasteiger charge is 2.34. The summed E-state index contributed by atoms with van der Waals surface area (Å²) < 4.78 is 16.3. The molecule has 1 aliphatic heterocycles. The second-order valence-corrected chi connectivity index (χ2v) is 4.57. The van der Waals surface area contributed by atoms with E-state index in [4.69, 9.17) is 14.2 Å². The maximum atomic E-state index is 5.58. The first kappa shape index (κ1) is 13.1. The monoisotopic (exact) mass is 252 g/mol. The molecular formula is C13H20N2O3. The molecule has 0 bridgehead atoms. The van der Waals surface area contributed by atoms with E-state index in [1.807, 2.05) is 13.0 Å². The Kier molecular flexibility index (Phi) is 4.04. The molecule has 0 spiro atoms. The van der Waals surface area contributed by atoms with Crippen molar-refractivity contribution in [3.63, 3.8) is 0 Å². The Hall–Kier alpha value is -1.33. The molecule has 5 nitrogen and oxygen atoms in total. The average Bonchev–Trinajstić information content (AvgIpc) is 2.86. The molecule has 0 amide bonds. The van der Waals surface area contributed by atoms with Crippen molar-refractivity contribution < 1.29 is 14.2 Å². The molecule has 1 aliphatic rings. The molecule has 0 radical (unpaired) electrons. The van der Waals surface area contributed by atoms with Gasteiger partial charge in [-0.2, -0.15) is 0 Å². The number of hydrogen-bond donors (Lipinski definition) is 1. The lowest BCUT2D eigenvalue weighted by Crippen LogP contribution is -2.39. The quantitative estimate of drug-likeness (QED) is 0.863. The van der Waals surface area contributed by atoms with Crippen LogP contribution in [0.2, 0.25) is 0 Å². The van der Waals surface area contributed by atoms with Crippen molar-refractivity contribution in [1.82, 2.24) is 4.98 Å². The molecule has 1 aromatic heterocycles. The minimum absolute atomic E-state index is 0.234. The lowest BCUT2D eigenvalue weighted by molar-refractivity contribution is -0.00622. The van der Waals surface area contributed by atoms with Gasteiger partial charge in [0.25, 0.3) is 0 Å². The topological polar surface area (TPSA) is 52.6 Å². The van der Waals surface area contributed by atoms with E-state index in [2.05, 4.69) is 10.3 Å². The molecule has 0 aromatic carbocycles. The number of rotatable bonds is 5. The van der Waals surface area contributed by atoms with Gasteiger partial charge in [0, 0.05) is 32.4 Å². The normalized spacial score (nSPS) is 23.1. The fourth-order valence-electron chi connectivity index (χ4n) is 2.07. The molecule has 2 rings (SSSR count). The Morgan fingerprint density at radius 1 is 1.50 bits per heavy atom. The van der Waals surface area contributed by atoms with Crippen molar-refractivity contribution >= 4 is 5.69 Å². The molecule has 2 heterocycles. The van der Waals surface area contributed by atoms with E-state index < -0.39 is 0 Å². The molecular weight excluding hydrogens is 232 g/mol. The van der Waals surface area contributed by atoms with Gasteiger partial charge in [-0.05, 0) is 13.0 Å². The molecule has 100 valence electrons. The van der Waals surface area contributed by atoms with Gasteiger partial charge in [-0.1, -0.05) is 0 Å². The number of anilines is 1. The first-order valence-corrected chi connectivity index (χ1v) is 6.06. The summed E-state index contributed by atoms with van der Waals surface area (Å²) in [7, 11) is 3.37. The number of nitrogens with zero attached hydrogens (tertiary/aromatic N) is 1. The van der Waals surface area contributed by atoms with Crippen LogP contribution in [0, 0.1) is 6.92 Å². The Morgan fingerprint density at radius 3 is 2.94 bits per heavy atom. The van der Waals surface area contributed by atoms with E-state index in [1.165, 1.54) is 0 Å². The third kappa shape index (κ3) is 2.73. The predicted molar refractivity (Wildman–Crippen MR) is 69.2 cm³/mol. The number of aromatic nitrogens is 1. The van der Waals surface area contributed by atoms with E-state index in [1.54, 1.807) is 20.4 Å². The molecule has 0 aliphatic carbocycles. The average molecular weight is 252 g/mol. The Bertz CT molecular complexity index is 403. The van der Waals surface area contributed by atoms with Crippen LogP contribution in [0.5, 0.6) is 5.75 Å². The summed E-state index contributed by atoms with van der Waals surface area (Å²) in [6.45, 7) is 4.03. The number of aryl methyl sites for hydroxylation is 1. The summed E-state index contributed by atoms with van der Waals surface area (Å²) in [5.41, 5.74) is 1.66. The van der Waals surface area contributed by atoms with Gasteiger partial charge in [0.2, 0.25) is 0 Å². The number of methoxy groups -OCH3 is 2. The minimum atomic E-state index is -0.234. The van der Waals surface area contributed by atoms with Crippen molar-refractivity contribution in [2.45, 2.75) is 18.9 Å². The second kappa shape index (κ2) is 5.54. The molecule has 1 aromatic rings. The van der Waals surface area contributed by atoms with Gasteiger partial charge >= 0.3 is 0 Å². The van der Waals surface area contributed by atoms with Crippen LogP contribution < -0.4 is 10.1 Å². The van der Waals surface area contributed by atoms with E-state index in [0.29, 0.717) is 13.2 Å². The summed E-state index contributed by atoms with van der Waals surface area (Å²) in [4.78, 5) is 4.21. The van der Waals surface area contributed by atoms with Gasteiger partial charge in [-0.25, -0.2) is 0 Å². The maximum Gasteiger partial charge on any atom is 0.160 e. The molecule has 18 heavy (non-hydrogen) atoms. The molecule has 0 saturated carbocycles. The zero-order chi connectivity index (χ0) is 13.0. The molecule has 1 atom stereocenters. The highest BCUT2D eigenvalue weighted by molar-refractivity contribution is 5.56. The van der Waals surface area contributed by atoms with Gasteiger partial charge in [-0.3, -0.25) is 4.98 Å². The maximum absolute atomic E-state index is 5.58. The summed E-state index contributed by atoms with van der Waals surface area (Å²) in [6.07, 6.45) is 2.63. The van der Waals surface area contributed by atoms with E-state index in [9.17, 15) is 0 Å². The van der Waals surface area contributed by atoms with Crippen LogP contribution in [0.4, 0.5) is 5.69 Å². The highest BCUT2D eigenvalue weighted by atomic mass is 16.5. The first-order valence-electron chi connectivity index (χ1n) is 6.06. The Labute approximate surface area is 107 Å². The standard InChI is InChI=1S/C13H20N2O3/c1-10-6-11(12(16-2)7-14-10)15-8-13(17-3)4-5-18-9-13/h6-7H,4-5,8-9H2,1-3H3,(H,14,15). The summed E-state index contributed by atoms with van der Waals surface area (Å²) in [5, 5.41) is 3.37. The lowest BCUT2D eigenvalue weighted by Gasteiger charge is -2.26. The van der Waals surface area contributed by atoms with Crippen LogP contribution in [0.15, 0.2) is 12.3 Å². The van der Waals surface area contributed by atoms with Crippen LogP contribution in [-0.2, 0) is 9.47 Å². The van der Waals surface area contributed by atoms with Crippen molar-refractivity contribution in [2.75, 3.05) is 39.3 Å². The van der Waals surface area contributed by atoms with E-state index in [-0.39, 0.29) is 5.60 Å². The largest absolute Gasteiger partial charge is 0.493 e. The first-order chi connectivity index (χ1) is 8.69. The Balaban J connectivity index is 2.07. The third-order valence-corrected chi connectivity index (χ3v) is 3.33. The number of pyridine rings is 1. The van der Waals surface area contributed by atoms with Gasteiger partial charge < -0.3 is 19.5 Å². The molecule has 1 fully saturated rings. The fraction of sp³-hybridized carbons (Fsp3) is 0.615. The van der Waals surface area contributed by atoms with Crippen LogP contribution in [0.3, 0.4) is 0 Å². The molecule has 1 unspecified atom stereocenters. The third-order valence-electron chi connectivity index (χ3n) is 3.33. The molecule has 5 heteroatoms. The Morgan fingerprint density at radius 2 is 2.33 bits per heavy atom. The number of ether oxygens (including phenoxy) is 3. The van der Waals surface area contributed by atoms with Crippen LogP contribution >= 0.6 is 0 Å². The van der Waals surface area contributed by atoms with Crippen LogP contribution in [-0.4, -0.2) is 44.6 Å². The van der Waals surface area contributed by atoms with Gasteiger partial charge in [0.05, 0.1) is 25.6 Å². The summed E-state index contributed by atoms with van der Waals surface area (Å²) in [5.74, 6) is 0.741. The highest BCUT2D eigenvalue weighted by Crippen LogP contribution is 2.27. The van der Waals surface area contributed by atoms with Crippen molar-refractivity contribution in [3.05, 3.63) is 18.0 Å². The van der Waals surface area contributed by atoms with Gasteiger partial charge in [-0.15, -0.1) is 0 Å². The van der Waals surface area contributed by atoms with Gasteiger partial charge in [0.1, 0.15) is 5.60 Å². The van der Waals surface area contributed by atoms with Gasteiger partial charge in [0.15, 0.2) is 5.75 Å². The SMILES string of the molecule is COc1cnc(C)cc1NCC1(OC)CCOC1. The fourth-order valence-corrected chi connectivity index (χ4v) is 2.07. The molecule has 1 saturated heterocycles. The zero-order valence-corrected chi connectivity index (χ0v) is 11.2.